The van der Waals surface area contributed by atoms with Crippen molar-refractivity contribution in [3.8, 4) is 0 Å². The normalized spacial score (nSPS) is 23.2. The molecular formula is C48H48N8. The Kier molecular flexibility index (Phi) is 7.71. The van der Waals surface area contributed by atoms with Crippen LogP contribution in [0.3, 0.4) is 0 Å². The molecule has 280 valence electrons. The summed E-state index contributed by atoms with van der Waals surface area (Å²) >= 11 is 0. The van der Waals surface area contributed by atoms with Crippen LogP contribution in [0.25, 0.3) is 0 Å². The lowest BCUT2D eigenvalue weighted by Crippen LogP contribution is -2.32. The number of nitrogens with one attached hydrogen (secondary N) is 4. The lowest BCUT2D eigenvalue weighted by atomic mass is 9.76. The van der Waals surface area contributed by atoms with E-state index in [1.165, 1.54) is 0 Å². The number of anilines is 4. The summed E-state index contributed by atoms with van der Waals surface area (Å²) in [7, 11) is 0. The van der Waals surface area contributed by atoms with E-state index >= 15 is 0 Å². The predicted octanol–water partition coefficient (Wildman–Crippen LogP) is 9.06. The maximum Gasteiger partial charge on any atom is 0.0723 e. The molecule has 8 bridgehead atoms. The third-order valence-corrected chi connectivity index (χ3v) is 13.0. The molecule has 0 aliphatic carbocycles. The zero-order chi connectivity index (χ0) is 39.0. The average Bonchev–Trinajstić information content (AvgIpc) is 4.05. The fourth-order valence-electron chi connectivity index (χ4n) is 9.00. The monoisotopic (exact) mass is 736 g/mol. The van der Waals surface area contributed by atoms with Gasteiger partial charge in [0.15, 0.2) is 0 Å². The average molecular weight is 737 g/mol. The summed E-state index contributed by atoms with van der Waals surface area (Å²) in [5.41, 5.74) is 38.1. The fraction of sp³-hybridized carbons (Fsp3) is 0.167. The molecule has 12 N–H and O–H groups in total. The van der Waals surface area contributed by atoms with Crippen molar-refractivity contribution in [3.05, 3.63) is 213 Å². The molecule has 56 heavy (non-hydrogen) atoms. The van der Waals surface area contributed by atoms with Crippen LogP contribution in [0, 0.1) is 0 Å². The van der Waals surface area contributed by atoms with E-state index in [0.29, 0.717) is 22.7 Å². The number of H-pyrrole nitrogens is 4. The van der Waals surface area contributed by atoms with E-state index in [4.69, 9.17) is 22.9 Å². The number of nitrogen functional groups attached to an aromatic ring is 4. The van der Waals surface area contributed by atoms with Gasteiger partial charge in [-0.15, -0.1) is 0 Å². The van der Waals surface area contributed by atoms with Crippen molar-refractivity contribution >= 4 is 22.7 Å². The summed E-state index contributed by atoms with van der Waals surface area (Å²) in [4.78, 5) is 15.9. The number of benzene rings is 4. The molecule has 1 aliphatic heterocycles. The Labute approximate surface area is 327 Å². The minimum Gasteiger partial charge on any atom is -0.399 e. The summed E-state index contributed by atoms with van der Waals surface area (Å²) in [6.07, 6.45) is 0. The molecule has 4 aromatic carbocycles. The Balaban J connectivity index is 1.37. The predicted molar refractivity (Wildman–Crippen MR) is 229 cm³/mol. The van der Waals surface area contributed by atoms with Gasteiger partial charge in [0.05, 0.1) is 21.7 Å². The molecule has 0 saturated carbocycles. The zero-order valence-electron chi connectivity index (χ0n) is 32.2. The van der Waals surface area contributed by atoms with Crippen LogP contribution in [-0.2, 0) is 21.7 Å². The van der Waals surface area contributed by atoms with Crippen LogP contribution in [0.1, 0.15) is 95.5 Å². The van der Waals surface area contributed by atoms with Gasteiger partial charge in [0.1, 0.15) is 0 Å². The van der Waals surface area contributed by atoms with Crippen molar-refractivity contribution in [2.45, 2.75) is 49.4 Å². The minimum absolute atomic E-state index is 0.624. The first-order valence-electron chi connectivity index (χ1n) is 19.1. The van der Waals surface area contributed by atoms with Crippen LogP contribution in [0.5, 0.6) is 0 Å². The number of hydrogen-bond acceptors (Lipinski definition) is 4. The van der Waals surface area contributed by atoms with Crippen molar-refractivity contribution < 1.29 is 0 Å². The topological polar surface area (TPSA) is 167 Å². The van der Waals surface area contributed by atoms with Crippen molar-refractivity contribution in [1.29, 1.82) is 0 Å². The quantitative estimate of drug-likeness (QED) is 0.0845. The fourth-order valence-corrected chi connectivity index (χ4v) is 9.00. The van der Waals surface area contributed by atoms with Gasteiger partial charge in [0.2, 0.25) is 0 Å². The van der Waals surface area contributed by atoms with Gasteiger partial charge in [0.25, 0.3) is 0 Å². The number of rotatable bonds is 4. The maximum absolute atomic E-state index is 6.26. The van der Waals surface area contributed by atoms with E-state index in [2.05, 4.69) is 145 Å². The van der Waals surface area contributed by atoms with Crippen LogP contribution in [0.15, 0.2) is 146 Å². The molecular weight excluding hydrogens is 689 g/mol. The van der Waals surface area contributed by atoms with Gasteiger partial charge in [-0.05, 0) is 147 Å². The highest BCUT2D eigenvalue weighted by Gasteiger charge is 2.43. The molecule has 1 aliphatic rings. The van der Waals surface area contributed by atoms with Crippen molar-refractivity contribution in [1.82, 2.24) is 19.9 Å². The number of nitrogens with two attached hydrogens (primary N) is 4. The molecule has 0 fully saturated rings. The van der Waals surface area contributed by atoms with E-state index in [0.717, 1.165) is 67.8 Å². The molecule has 4 aromatic heterocycles. The van der Waals surface area contributed by atoms with Crippen LogP contribution < -0.4 is 22.9 Å². The molecule has 5 heterocycles. The summed E-state index contributed by atoms with van der Waals surface area (Å²) in [5.74, 6) is 0. The molecule has 0 atom stereocenters. The summed E-state index contributed by atoms with van der Waals surface area (Å²) in [5, 5.41) is 0. The minimum atomic E-state index is -0.624. The van der Waals surface area contributed by atoms with Crippen LogP contribution in [-0.4, -0.2) is 19.9 Å². The molecule has 0 unspecified atom stereocenters. The summed E-state index contributed by atoms with van der Waals surface area (Å²) in [6, 6.07) is 50.6. The van der Waals surface area contributed by atoms with Gasteiger partial charge in [0, 0.05) is 68.3 Å². The molecule has 0 saturated heterocycles. The standard InChI is InChI=1S/C48H48N8/c1-45(29-5-13-33(49)14-6-29)37-21-23-39(53-37)46(2,30-7-15-34(50)16-8-30)41-25-27-43(55-41)48(4,32-11-19-36(52)20-12-32)44-28-26-42(56-44)47(3,40-24-22-38(45)54-40)31-9-17-35(51)18-10-31/h5-28,53-56H,49-52H2,1-4H3. The van der Waals surface area contributed by atoms with Gasteiger partial charge in [-0.3, -0.25) is 0 Å². The second-order valence-electron chi connectivity index (χ2n) is 16.1. The Hall–Kier alpha value is -6.80. The number of hydrogen-bond donors (Lipinski definition) is 8. The second-order valence-corrected chi connectivity index (χ2v) is 16.1. The molecule has 0 radical (unpaired) electrons. The summed E-state index contributed by atoms with van der Waals surface area (Å²) in [6.45, 7) is 9.08. The second kappa shape index (κ2) is 12.4. The van der Waals surface area contributed by atoms with Crippen molar-refractivity contribution in [2.24, 2.45) is 0 Å². The number of aromatic amines is 4. The van der Waals surface area contributed by atoms with E-state index in [1.54, 1.807) is 0 Å². The lowest BCUT2D eigenvalue weighted by molar-refractivity contribution is 0.589. The van der Waals surface area contributed by atoms with Crippen molar-refractivity contribution in [3.63, 3.8) is 0 Å². The number of fused-ring (bicyclic) bond motifs is 8. The van der Waals surface area contributed by atoms with Crippen LogP contribution >= 0.6 is 0 Å². The zero-order valence-corrected chi connectivity index (χ0v) is 32.2. The Morgan fingerprint density at radius 3 is 0.536 bits per heavy atom. The van der Waals surface area contributed by atoms with Gasteiger partial charge < -0.3 is 42.9 Å². The summed E-state index contributed by atoms with van der Waals surface area (Å²) < 4.78 is 0. The van der Waals surface area contributed by atoms with Gasteiger partial charge in [-0.1, -0.05) is 48.5 Å². The largest absolute Gasteiger partial charge is 0.399 e. The Bertz CT molecular complexity index is 2220. The Morgan fingerprint density at radius 2 is 0.393 bits per heavy atom. The molecule has 8 heteroatoms. The highest BCUT2D eigenvalue weighted by atomic mass is 14.9. The lowest BCUT2D eigenvalue weighted by Gasteiger charge is -2.34. The van der Waals surface area contributed by atoms with E-state index < -0.39 is 21.7 Å². The SMILES string of the molecule is CC1(c2ccc(N)cc2)c2ccc([nH]2)C(C)(c2ccc(N)cc2)c2ccc([nH]2)C(C)(c2ccc(N)cc2)c2ccc([nH]2)C(C)(c2ccc(N)cc2)c2ccc1[nH]2. The Morgan fingerprint density at radius 1 is 0.250 bits per heavy atom. The molecule has 0 amide bonds. The maximum atomic E-state index is 6.26. The molecule has 8 aromatic rings. The van der Waals surface area contributed by atoms with Crippen LogP contribution in [0.4, 0.5) is 22.7 Å². The third-order valence-electron chi connectivity index (χ3n) is 13.0. The molecule has 9 rings (SSSR count). The molecule has 8 nitrogen and oxygen atoms in total. The first kappa shape index (κ1) is 34.9. The van der Waals surface area contributed by atoms with E-state index in [1.807, 2.05) is 48.5 Å². The van der Waals surface area contributed by atoms with Gasteiger partial charge in [-0.2, -0.15) is 0 Å². The van der Waals surface area contributed by atoms with Crippen LogP contribution in [0.2, 0.25) is 0 Å². The van der Waals surface area contributed by atoms with Gasteiger partial charge >= 0.3 is 0 Å². The van der Waals surface area contributed by atoms with Crippen molar-refractivity contribution in [2.75, 3.05) is 22.9 Å². The third kappa shape index (κ3) is 5.05. The smallest absolute Gasteiger partial charge is 0.0723 e. The highest BCUT2D eigenvalue weighted by molar-refractivity contribution is 5.58. The molecule has 0 spiro atoms. The van der Waals surface area contributed by atoms with E-state index in [9.17, 15) is 0 Å². The first-order chi connectivity index (χ1) is 26.8. The number of aromatic nitrogens is 4. The first-order valence-corrected chi connectivity index (χ1v) is 19.1. The van der Waals surface area contributed by atoms with Gasteiger partial charge in [-0.25, -0.2) is 0 Å². The van der Waals surface area contributed by atoms with E-state index in [-0.39, 0.29) is 0 Å². The highest BCUT2D eigenvalue weighted by Crippen LogP contribution is 2.48.